The third-order valence-electron chi connectivity index (χ3n) is 11.8. The standard InChI is InChI=1S/C37H48ClF2N7O4/c1-23-5-8-25(9-6-23)47(37(50)32-4-3-17-51-32)26-19-31(36(49)44-15-13-43(2)14-16-44)46(20-26)35(48)29-22-45(34-12-11-33(38)41-42-34)21-28(29)27-10-7-24(39)18-30(27)40/h7,10-12,18,23,25-26,28-29,31-32H,3-6,8-9,13-17,19-22H2,1-2H3/t23?,25?,26-,28-,29+,31-,32?/m0/s1. The van der Waals surface area contributed by atoms with Crippen molar-refractivity contribution in [3.63, 3.8) is 0 Å². The summed E-state index contributed by atoms with van der Waals surface area (Å²) >= 11 is 6.02. The van der Waals surface area contributed by atoms with Crippen LogP contribution in [0.4, 0.5) is 14.6 Å². The van der Waals surface area contributed by atoms with Gasteiger partial charge >= 0.3 is 0 Å². The Balaban J connectivity index is 1.23. The largest absolute Gasteiger partial charge is 0.368 e. The normalized spacial score (nSPS) is 30.2. The number of rotatable bonds is 7. The number of carbonyl (C=O) groups is 3. The third-order valence-corrected chi connectivity index (χ3v) is 12.0. The second-order valence-corrected chi connectivity index (χ2v) is 15.6. The number of amides is 3. The summed E-state index contributed by atoms with van der Waals surface area (Å²) in [6, 6.07) is 5.60. The lowest BCUT2D eigenvalue weighted by atomic mass is 9.85. The van der Waals surface area contributed by atoms with E-state index in [1.54, 1.807) is 17.0 Å². The highest BCUT2D eigenvalue weighted by Crippen LogP contribution is 2.40. The predicted octanol–water partition coefficient (Wildman–Crippen LogP) is 3.96. The Morgan fingerprint density at radius 3 is 2.33 bits per heavy atom. The fraction of sp³-hybridized carbons (Fsp3) is 0.649. The second-order valence-electron chi connectivity index (χ2n) is 15.2. The van der Waals surface area contributed by atoms with Crippen molar-refractivity contribution in [3.05, 3.63) is 52.7 Å². The third kappa shape index (κ3) is 7.57. The van der Waals surface area contributed by atoms with Crippen LogP contribution in [-0.2, 0) is 19.1 Å². The first-order valence-electron chi connectivity index (χ1n) is 18.5. The van der Waals surface area contributed by atoms with E-state index in [9.17, 15) is 14.0 Å². The lowest BCUT2D eigenvalue weighted by Gasteiger charge is -2.41. The molecule has 1 aromatic carbocycles. The predicted molar refractivity (Wildman–Crippen MR) is 187 cm³/mol. The molecule has 2 aromatic rings. The molecule has 14 heteroatoms. The molecule has 5 heterocycles. The van der Waals surface area contributed by atoms with Crippen LogP contribution in [0.5, 0.6) is 0 Å². The van der Waals surface area contributed by atoms with Gasteiger partial charge in [-0.25, -0.2) is 8.78 Å². The zero-order valence-electron chi connectivity index (χ0n) is 29.4. The molecular weight excluding hydrogens is 680 g/mol. The average molecular weight is 728 g/mol. The fourth-order valence-corrected chi connectivity index (χ4v) is 9.00. The van der Waals surface area contributed by atoms with Gasteiger partial charge < -0.3 is 29.2 Å². The smallest absolute Gasteiger partial charge is 0.252 e. The zero-order valence-corrected chi connectivity index (χ0v) is 30.2. The fourth-order valence-electron chi connectivity index (χ4n) is 8.90. The number of anilines is 1. The van der Waals surface area contributed by atoms with E-state index in [1.165, 1.54) is 12.1 Å². The molecule has 3 amide bonds. The molecule has 5 fully saturated rings. The van der Waals surface area contributed by atoms with Crippen LogP contribution in [0, 0.1) is 23.5 Å². The Morgan fingerprint density at radius 2 is 1.67 bits per heavy atom. The maximum absolute atomic E-state index is 15.5. The summed E-state index contributed by atoms with van der Waals surface area (Å²) in [6.07, 6.45) is 5.05. The van der Waals surface area contributed by atoms with Gasteiger partial charge in [0.1, 0.15) is 23.8 Å². The Bertz CT molecular complexity index is 1580. The lowest BCUT2D eigenvalue weighted by molar-refractivity contribution is -0.148. The number of piperazine rings is 1. The number of nitrogens with zero attached hydrogens (tertiary/aromatic N) is 7. The molecule has 0 N–H and O–H groups in total. The van der Waals surface area contributed by atoms with Gasteiger partial charge in [0.2, 0.25) is 11.8 Å². The van der Waals surface area contributed by atoms with Crippen LogP contribution in [-0.4, -0.2) is 131 Å². The molecule has 5 aliphatic rings. The molecule has 1 aliphatic carbocycles. The molecule has 4 aliphatic heterocycles. The summed E-state index contributed by atoms with van der Waals surface area (Å²) < 4.78 is 35.5. The molecule has 0 radical (unpaired) electrons. The van der Waals surface area contributed by atoms with Crippen LogP contribution in [0.2, 0.25) is 5.15 Å². The van der Waals surface area contributed by atoms with Gasteiger partial charge in [0.15, 0.2) is 11.0 Å². The van der Waals surface area contributed by atoms with Gasteiger partial charge in [-0.3, -0.25) is 14.4 Å². The minimum atomic E-state index is -0.781. The Morgan fingerprint density at radius 1 is 0.902 bits per heavy atom. The molecule has 7 rings (SSSR count). The number of hydrogen-bond donors (Lipinski definition) is 0. The highest BCUT2D eigenvalue weighted by molar-refractivity contribution is 6.29. The van der Waals surface area contributed by atoms with E-state index in [0.29, 0.717) is 44.3 Å². The molecule has 276 valence electrons. The summed E-state index contributed by atoms with van der Waals surface area (Å²) in [5, 5.41) is 8.41. The minimum absolute atomic E-state index is 0.00357. The Labute approximate surface area is 303 Å². The second kappa shape index (κ2) is 15.3. The van der Waals surface area contributed by atoms with Crippen molar-refractivity contribution in [2.75, 3.05) is 64.4 Å². The number of halogens is 3. The first-order valence-corrected chi connectivity index (χ1v) is 18.9. The van der Waals surface area contributed by atoms with Crippen LogP contribution < -0.4 is 4.90 Å². The van der Waals surface area contributed by atoms with Crippen molar-refractivity contribution in [1.29, 1.82) is 0 Å². The van der Waals surface area contributed by atoms with E-state index in [0.717, 1.165) is 51.3 Å². The van der Waals surface area contributed by atoms with Crippen molar-refractivity contribution >= 4 is 35.1 Å². The maximum atomic E-state index is 15.5. The number of hydrogen-bond acceptors (Lipinski definition) is 8. The number of carbonyl (C=O) groups excluding carboxylic acids is 3. The molecular formula is C37H48ClF2N7O4. The molecule has 11 nitrogen and oxygen atoms in total. The van der Waals surface area contributed by atoms with Gasteiger partial charge in [0.05, 0.1) is 12.0 Å². The van der Waals surface area contributed by atoms with Crippen LogP contribution in [0.15, 0.2) is 30.3 Å². The molecule has 51 heavy (non-hydrogen) atoms. The van der Waals surface area contributed by atoms with E-state index >= 15 is 9.18 Å². The molecule has 1 aromatic heterocycles. The topological polar surface area (TPSA) is 102 Å². The van der Waals surface area contributed by atoms with Crippen molar-refractivity contribution in [2.24, 2.45) is 11.8 Å². The number of ether oxygens (including phenoxy) is 1. The van der Waals surface area contributed by atoms with E-state index < -0.39 is 35.6 Å². The van der Waals surface area contributed by atoms with Crippen LogP contribution >= 0.6 is 11.6 Å². The highest BCUT2D eigenvalue weighted by Gasteiger charge is 2.51. The van der Waals surface area contributed by atoms with Gasteiger partial charge in [-0.15, -0.1) is 10.2 Å². The number of likely N-dealkylation sites (N-methyl/N-ethyl adjacent to an activating group) is 1. The van der Waals surface area contributed by atoms with Crippen molar-refractivity contribution in [1.82, 2.24) is 29.8 Å². The zero-order chi connectivity index (χ0) is 35.8. The molecule has 0 bridgehead atoms. The number of likely N-dealkylation sites (tertiary alicyclic amines) is 1. The molecule has 1 saturated carbocycles. The maximum Gasteiger partial charge on any atom is 0.252 e. The van der Waals surface area contributed by atoms with Gasteiger partial charge in [-0.05, 0) is 81.7 Å². The summed E-state index contributed by atoms with van der Waals surface area (Å²) in [4.78, 5) is 53.3. The van der Waals surface area contributed by atoms with Crippen LogP contribution in [0.3, 0.4) is 0 Å². The van der Waals surface area contributed by atoms with Crippen molar-refractivity contribution in [3.8, 4) is 0 Å². The number of benzene rings is 1. The average Bonchev–Trinajstić information content (AvgIpc) is 3.91. The van der Waals surface area contributed by atoms with Gasteiger partial charge in [-0.1, -0.05) is 24.6 Å². The first kappa shape index (κ1) is 36.0. The number of aromatic nitrogens is 2. The Kier molecular flexibility index (Phi) is 10.8. The SMILES string of the molecule is CC1CCC(N(C(=O)C2CCCO2)[C@H]2C[C@@H](C(=O)N3CCN(C)CC3)N(C(=O)[C@@H]3CN(c4ccc(Cl)nn4)C[C@H]3c3ccc(F)cc3F)C2)CC1. The monoisotopic (exact) mass is 727 g/mol. The van der Waals surface area contributed by atoms with E-state index in [-0.39, 0.29) is 60.2 Å². The van der Waals surface area contributed by atoms with Gasteiger partial charge in [-0.2, -0.15) is 0 Å². The van der Waals surface area contributed by atoms with E-state index in [1.807, 2.05) is 21.7 Å². The molecule has 5 atom stereocenters. The summed E-state index contributed by atoms with van der Waals surface area (Å²) in [6.45, 7) is 5.95. The van der Waals surface area contributed by atoms with Gasteiger partial charge in [0.25, 0.3) is 5.91 Å². The van der Waals surface area contributed by atoms with E-state index in [4.69, 9.17) is 16.3 Å². The van der Waals surface area contributed by atoms with Crippen LogP contribution in [0.1, 0.15) is 63.4 Å². The lowest BCUT2D eigenvalue weighted by Crippen LogP contribution is -2.54. The van der Waals surface area contributed by atoms with Crippen molar-refractivity contribution in [2.45, 2.75) is 82.0 Å². The van der Waals surface area contributed by atoms with Crippen molar-refractivity contribution < 1.29 is 27.9 Å². The highest BCUT2D eigenvalue weighted by atomic mass is 35.5. The van der Waals surface area contributed by atoms with Crippen LogP contribution in [0.25, 0.3) is 0 Å². The molecule has 1 unspecified atom stereocenters. The molecule has 4 saturated heterocycles. The Hall–Kier alpha value is -3.42. The van der Waals surface area contributed by atoms with E-state index in [2.05, 4.69) is 22.0 Å². The molecule has 0 spiro atoms. The summed E-state index contributed by atoms with van der Waals surface area (Å²) in [5.41, 5.74) is 0.225. The van der Waals surface area contributed by atoms with Gasteiger partial charge in [0, 0.05) is 70.4 Å². The summed E-state index contributed by atoms with van der Waals surface area (Å²) in [7, 11) is 2.02. The quantitative estimate of drug-likeness (QED) is 0.423. The summed E-state index contributed by atoms with van der Waals surface area (Å²) in [5.74, 6) is -2.26. The minimum Gasteiger partial charge on any atom is -0.368 e. The first-order chi connectivity index (χ1) is 24.6.